The highest BCUT2D eigenvalue weighted by molar-refractivity contribution is 5.81. The zero-order valence-corrected chi connectivity index (χ0v) is 17.4. The van der Waals surface area contributed by atoms with Crippen molar-refractivity contribution in [3.63, 3.8) is 0 Å². The summed E-state index contributed by atoms with van der Waals surface area (Å²) < 4.78 is 7.64. The van der Waals surface area contributed by atoms with Crippen LogP contribution in [0.15, 0.2) is 36.7 Å². The smallest absolute Gasteiger partial charge is 0.229 e. The fourth-order valence-electron chi connectivity index (χ4n) is 4.55. The first kappa shape index (κ1) is 19.5. The Hall–Kier alpha value is -2.48. The Kier molecular flexibility index (Phi) is 5.41. The predicted molar refractivity (Wildman–Crippen MR) is 117 cm³/mol. The Balaban J connectivity index is 1.32. The van der Waals surface area contributed by atoms with Crippen LogP contribution in [0.5, 0.6) is 0 Å². The first-order valence-electron chi connectivity index (χ1n) is 10.8. The van der Waals surface area contributed by atoms with Crippen LogP contribution in [0.1, 0.15) is 36.4 Å². The summed E-state index contributed by atoms with van der Waals surface area (Å²) in [6.07, 6.45) is 6.47. The number of fused-ring (bicyclic) bond motifs is 1. The Morgan fingerprint density at radius 3 is 2.70 bits per heavy atom. The lowest BCUT2D eigenvalue weighted by atomic mass is 10.2. The number of morpholine rings is 1. The molecule has 0 spiro atoms. The minimum atomic E-state index is -0.205. The number of hydrogen-bond acceptors (Lipinski definition) is 6. The molecule has 7 nitrogen and oxygen atoms in total. The molecule has 2 atom stereocenters. The molecule has 1 aromatic carbocycles. The normalized spacial score (nSPS) is 22.6. The summed E-state index contributed by atoms with van der Waals surface area (Å²) in [6.45, 7) is 6.66. The van der Waals surface area contributed by atoms with E-state index in [1.807, 2.05) is 6.20 Å². The Bertz CT molecular complexity index is 1010. The maximum Gasteiger partial charge on any atom is 0.229 e. The summed E-state index contributed by atoms with van der Waals surface area (Å²) in [5, 5.41) is 14.4. The summed E-state index contributed by atoms with van der Waals surface area (Å²) in [5.41, 5.74) is 4.38. The van der Waals surface area contributed by atoms with E-state index in [4.69, 9.17) is 9.72 Å². The minimum absolute atomic E-state index is 0.205. The number of anilines is 2. The van der Waals surface area contributed by atoms with Gasteiger partial charge >= 0.3 is 0 Å². The highest BCUT2D eigenvalue weighted by Gasteiger charge is 2.26. The van der Waals surface area contributed by atoms with Gasteiger partial charge in [-0.1, -0.05) is 12.1 Å². The van der Waals surface area contributed by atoms with Crippen molar-refractivity contribution in [3.05, 3.63) is 47.8 Å². The average Bonchev–Trinajstić information content (AvgIpc) is 3.33. The molecular weight excluding hydrogens is 378 g/mol. The van der Waals surface area contributed by atoms with Gasteiger partial charge in [-0.25, -0.2) is 4.98 Å². The molecule has 30 heavy (non-hydrogen) atoms. The monoisotopic (exact) mass is 407 g/mol. The van der Waals surface area contributed by atoms with Crippen molar-refractivity contribution < 1.29 is 9.84 Å². The molecule has 2 fully saturated rings. The van der Waals surface area contributed by atoms with E-state index in [0.29, 0.717) is 12.0 Å². The molecule has 5 rings (SSSR count). The van der Waals surface area contributed by atoms with Gasteiger partial charge in [0.1, 0.15) is 5.65 Å². The van der Waals surface area contributed by atoms with Crippen LogP contribution >= 0.6 is 0 Å². The van der Waals surface area contributed by atoms with E-state index in [1.54, 1.807) is 0 Å². The van der Waals surface area contributed by atoms with Crippen molar-refractivity contribution in [2.45, 2.75) is 44.9 Å². The van der Waals surface area contributed by atoms with E-state index >= 15 is 0 Å². The van der Waals surface area contributed by atoms with Gasteiger partial charge in [-0.2, -0.15) is 4.98 Å². The lowest BCUT2D eigenvalue weighted by Gasteiger charge is -2.26. The fraction of sp³-hybridized carbons (Fsp3) is 0.478. The molecule has 7 heteroatoms. The second-order valence-electron chi connectivity index (χ2n) is 8.48. The second-order valence-corrected chi connectivity index (χ2v) is 8.48. The van der Waals surface area contributed by atoms with Gasteiger partial charge in [0.25, 0.3) is 0 Å². The molecule has 2 aliphatic rings. The Morgan fingerprint density at radius 1 is 1.17 bits per heavy atom. The van der Waals surface area contributed by atoms with Gasteiger partial charge in [0.15, 0.2) is 0 Å². The molecule has 1 aliphatic heterocycles. The van der Waals surface area contributed by atoms with Crippen LogP contribution in [0.3, 0.4) is 0 Å². The van der Waals surface area contributed by atoms with Crippen LogP contribution < -0.4 is 5.32 Å². The Morgan fingerprint density at radius 2 is 1.97 bits per heavy atom. The van der Waals surface area contributed by atoms with Crippen LogP contribution in [-0.2, 0) is 11.3 Å². The van der Waals surface area contributed by atoms with Crippen LogP contribution in [-0.4, -0.2) is 56.9 Å². The first-order chi connectivity index (χ1) is 14.7. The predicted octanol–water partition coefficient (Wildman–Crippen LogP) is 3.40. The largest absolute Gasteiger partial charge is 0.393 e. The zero-order chi connectivity index (χ0) is 20.5. The number of nitrogens with one attached hydrogen (secondary N) is 1. The van der Waals surface area contributed by atoms with Crippen molar-refractivity contribution in [1.82, 2.24) is 19.4 Å². The third-order valence-corrected chi connectivity index (χ3v) is 6.26. The standard InChI is InChI=1S/C23H29N5O2/c1-16-14-28(19-6-7-20(29)12-19)22-21(16)13-24-23(26-22)25-18-4-2-17(3-5-18)15-27-8-10-30-11-9-27/h2-5,13-14,19-20,29H,6-12,15H2,1H3,(H,24,25,26). The van der Waals surface area contributed by atoms with E-state index < -0.39 is 0 Å². The molecule has 1 saturated carbocycles. The SMILES string of the molecule is Cc1cn(C2CCC(O)C2)c2nc(Nc3ccc(CN4CCOCC4)cc3)ncc12. The lowest BCUT2D eigenvalue weighted by Crippen LogP contribution is -2.35. The number of benzene rings is 1. The third kappa shape index (κ3) is 4.05. The number of ether oxygens (including phenoxy) is 1. The minimum Gasteiger partial charge on any atom is -0.393 e. The molecule has 3 heterocycles. The zero-order valence-electron chi connectivity index (χ0n) is 17.4. The number of rotatable bonds is 5. The molecule has 1 saturated heterocycles. The van der Waals surface area contributed by atoms with Crippen LogP contribution in [0.2, 0.25) is 0 Å². The molecule has 158 valence electrons. The summed E-state index contributed by atoms with van der Waals surface area (Å²) in [5.74, 6) is 0.598. The second kappa shape index (κ2) is 8.34. The molecule has 2 N–H and O–H groups in total. The molecular formula is C23H29N5O2. The molecule has 1 aliphatic carbocycles. The van der Waals surface area contributed by atoms with Gasteiger partial charge in [-0.3, -0.25) is 4.90 Å². The molecule has 0 radical (unpaired) electrons. The van der Waals surface area contributed by atoms with E-state index in [-0.39, 0.29) is 6.10 Å². The molecule has 0 amide bonds. The molecule has 2 unspecified atom stereocenters. The van der Waals surface area contributed by atoms with E-state index in [2.05, 4.69) is 57.2 Å². The molecule has 3 aromatic rings. The van der Waals surface area contributed by atoms with Crippen LogP contribution in [0.4, 0.5) is 11.6 Å². The lowest BCUT2D eigenvalue weighted by molar-refractivity contribution is 0.0342. The van der Waals surface area contributed by atoms with E-state index in [1.165, 1.54) is 11.1 Å². The van der Waals surface area contributed by atoms with Crippen molar-refractivity contribution in [2.75, 3.05) is 31.6 Å². The van der Waals surface area contributed by atoms with Gasteiger partial charge in [-0.15, -0.1) is 0 Å². The number of aliphatic hydroxyl groups is 1. The van der Waals surface area contributed by atoms with Gasteiger partial charge in [0, 0.05) is 49.1 Å². The van der Waals surface area contributed by atoms with Crippen LogP contribution in [0, 0.1) is 6.92 Å². The van der Waals surface area contributed by atoms with Crippen molar-refractivity contribution in [3.8, 4) is 0 Å². The highest BCUT2D eigenvalue weighted by atomic mass is 16.5. The topological polar surface area (TPSA) is 75.4 Å². The van der Waals surface area contributed by atoms with E-state index in [0.717, 1.165) is 68.8 Å². The number of nitrogens with zero attached hydrogens (tertiary/aromatic N) is 4. The number of aryl methyl sites for hydroxylation is 1. The summed E-state index contributed by atoms with van der Waals surface area (Å²) >= 11 is 0. The van der Waals surface area contributed by atoms with Crippen molar-refractivity contribution in [1.29, 1.82) is 0 Å². The number of aromatic nitrogens is 3. The summed E-state index contributed by atoms with van der Waals surface area (Å²) in [7, 11) is 0. The molecule has 2 aromatic heterocycles. The van der Waals surface area contributed by atoms with Crippen molar-refractivity contribution in [2.24, 2.45) is 0 Å². The summed E-state index contributed by atoms with van der Waals surface area (Å²) in [4.78, 5) is 11.8. The van der Waals surface area contributed by atoms with Crippen molar-refractivity contribution >= 4 is 22.7 Å². The quantitative estimate of drug-likeness (QED) is 0.675. The summed E-state index contributed by atoms with van der Waals surface area (Å²) in [6, 6.07) is 8.78. The van der Waals surface area contributed by atoms with Gasteiger partial charge < -0.3 is 19.7 Å². The molecule has 0 bridgehead atoms. The van der Waals surface area contributed by atoms with Gasteiger partial charge in [-0.05, 0) is 49.4 Å². The Labute approximate surface area is 176 Å². The maximum absolute atomic E-state index is 9.95. The van der Waals surface area contributed by atoms with Gasteiger partial charge in [0.05, 0.1) is 19.3 Å². The third-order valence-electron chi connectivity index (χ3n) is 6.26. The number of aliphatic hydroxyl groups excluding tert-OH is 1. The number of hydrogen-bond donors (Lipinski definition) is 2. The van der Waals surface area contributed by atoms with E-state index in [9.17, 15) is 5.11 Å². The fourth-order valence-corrected chi connectivity index (χ4v) is 4.55. The highest BCUT2D eigenvalue weighted by Crippen LogP contribution is 2.34. The average molecular weight is 408 g/mol. The van der Waals surface area contributed by atoms with Gasteiger partial charge in [0.2, 0.25) is 5.95 Å². The van der Waals surface area contributed by atoms with Crippen LogP contribution in [0.25, 0.3) is 11.0 Å². The first-order valence-corrected chi connectivity index (χ1v) is 10.8. The maximum atomic E-state index is 9.95.